The smallest absolute Gasteiger partial charge is 0.234 e. The second kappa shape index (κ2) is 10.3. The van der Waals surface area contributed by atoms with Crippen LogP contribution in [0, 0.1) is 0 Å². The lowest BCUT2D eigenvalue weighted by atomic mass is 10.2. The number of thioether (sulfide) groups is 1. The Morgan fingerprint density at radius 1 is 1.38 bits per heavy atom. The number of allylic oxidation sites excluding steroid dienone is 1. The number of para-hydroxylation sites is 2. The zero-order valence-corrected chi connectivity index (χ0v) is 18.2. The van der Waals surface area contributed by atoms with Crippen molar-refractivity contribution in [3.63, 3.8) is 0 Å². The molecular formula is C21H24N4O2S2. The summed E-state index contributed by atoms with van der Waals surface area (Å²) >= 11 is 3.09. The summed E-state index contributed by atoms with van der Waals surface area (Å²) in [6.45, 7) is 6.59. The number of nitrogens with zero attached hydrogens (tertiary/aromatic N) is 3. The van der Waals surface area contributed by atoms with Crippen LogP contribution in [0.4, 0.5) is 5.69 Å². The average molecular weight is 429 g/mol. The third kappa shape index (κ3) is 5.27. The molecule has 0 spiro atoms. The van der Waals surface area contributed by atoms with Crippen molar-refractivity contribution in [1.82, 2.24) is 14.8 Å². The number of aryl methyl sites for hydroxylation is 1. The Balaban J connectivity index is 1.71. The minimum atomic E-state index is -0.130. The van der Waals surface area contributed by atoms with Gasteiger partial charge in [-0.05, 0) is 24.6 Å². The molecule has 1 aromatic carbocycles. The van der Waals surface area contributed by atoms with E-state index in [0.717, 1.165) is 24.2 Å². The highest BCUT2D eigenvalue weighted by Crippen LogP contribution is 2.29. The first-order valence-corrected chi connectivity index (χ1v) is 11.2. The fraction of sp³-hybridized carbons (Fsp3) is 0.286. The number of ether oxygens (including phenoxy) is 1. The molecule has 29 heavy (non-hydrogen) atoms. The zero-order chi connectivity index (χ0) is 20.6. The minimum Gasteiger partial charge on any atom is -0.495 e. The molecule has 0 fully saturated rings. The molecule has 2 aromatic heterocycles. The maximum atomic E-state index is 12.4. The number of thiophene rings is 1. The lowest BCUT2D eigenvalue weighted by Gasteiger charge is -2.10. The van der Waals surface area contributed by atoms with Crippen LogP contribution < -0.4 is 10.1 Å². The van der Waals surface area contributed by atoms with E-state index in [2.05, 4.69) is 40.5 Å². The predicted molar refractivity (Wildman–Crippen MR) is 120 cm³/mol. The number of nitrogens with one attached hydrogen (secondary N) is 1. The molecule has 3 aromatic rings. The molecule has 0 saturated heterocycles. The van der Waals surface area contributed by atoms with Gasteiger partial charge >= 0.3 is 0 Å². The van der Waals surface area contributed by atoms with Crippen LogP contribution in [0.3, 0.4) is 0 Å². The SMILES string of the molecule is C=CCn1c(SCC(=O)Nc2ccccc2OC)nnc1-c1csc(CCC)c1. The summed E-state index contributed by atoms with van der Waals surface area (Å²) in [7, 11) is 1.58. The Morgan fingerprint density at radius 3 is 2.97 bits per heavy atom. The number of rotatable bonds is 10. The van der Waals surface area contributed by atoms with Gasteiger partial charge in [0.15, 0.2) is 11.0 Å². The van der Waals surface area contributed by atoms with Crippen LogP contribution in [0.1, 0.15) is 18.2 Å². The van der Waals surface area contributed by atoms with E-state index in [1.54, 1.807) is 18.4 Å². The van der Waals surface area contributed by atoms with E-state index in [-0.39, 0.29) is 11.7 Å². The number of amides is 1. The van der Waals surface area contributed by atoms with Gasteiger partial charge < -0.3 is 10.1 Å². The van der Waals surface area contributed by atoms with Crippen molar-refractivity contribution >= 4 is 34.7 Å². The van der Waals surface area contributed by atoms with Crippen molar-refractivity contribution in [2.75, 3.05) is 18.2 Å². The Kier molecular flexibility index (Phi) is 7.48. The van der Waals surface area contributed by atoms with Gasteiger partial charge in [0, 0.05) is 22.4 Å². The molecule has 6 nitrogen and oxygen atoms in total. The third-order valence-corrected chi connectivity index (χ3v) is 6.11. The van der Waals surface area contributed by atoms with Crippen molar-refractivity contribution in [3.05, 3.63) is 53.2 Å². The number of methoxy groups -OCH3 is 1. The van der Waals surface area contributed by atoms with Crippen LogP contribution in [-0.4, -0.2) is 33.5 Å². The van der Waals surface area contributed by atoms with Crippen LogP contribution in [0.15, 0.2) is 53.5 Å². The molecule has 0 aliphatic rings. The maximum Gasteiger partial charge on any atom is 0.234 e. The molecule has 3 rings (SSSR count). The highest BCUT2D eigenvalue weighted by molar-refractivity contribution is 7.99. The lowest BCUT2D eigenvalue weighted by molar-refractivity contribution is -0.113. The Morgan fingerprint density at radius 2 is 2.21 bits per heavy atom. The number of carbonyl (C=O) groups is 1. The molecule has 0 saturated carbocycles. The van der Waals surface area contributed by atoms with Crippen molar-refractivity contribution in [1.29, 1.82) is 0 Å². The van der Waals surface area contributed by atoms with Crippen molar-refractivity contribution in [2.24, 2.45) is 0 Å². The summed E-state index contributed by atoms with van der Waals surface area (Å²) in [5, 5.41) is 14.4. The topological polar surface area (TPSA) is 69.0 Å². The first kappa shape index (κ1) is 21.1. The largest absolute Gasteiger partial charge is 0.495 e. The van der Waals surface area contributed by atoms with Gasteiger partial charge in [0.2, 0.25) is 5.91 Å². The second-order valence-electron chi connectivity index (χ2n) is 6.29. The maximum absolute atomic E-state index is 12.4. The van der Waals surface area contributed by atoms with Crippen molar-refractivity contribution in [3.8, 4) is 17.1 Å². The van der Waals surface area contributed by atoms with Crippen LogP contribution in [0.2, 0.25) is 0 Å². The van der Waals surface area contributed by atoms with E-state index in [1.165, 1.54) is 16.6 Å². The Bertz CT molecular complexity index is 981. The van der Waals surface area contributed by atoms with E-state index in [9.17, 15) is 4.79 Å². The van der Waals surface area contributed by atoms with Gasteiger partial charge in [-0.1, -0.05) is 43.3 Å². The van der Waals surface area contributed by atoms with Gasteiger partial charge in [-0.15, -0.1) is 28.1 Å². The number of anilines is 1. The zero-order valence-electron chi connectivity index (χ0n) is 16.6. The highest BCUT2D eigenvalue weighted by atomic mass is 32.2. The first-order valence-electron chi connectivity index (χ1n) is 9.33. The Labute approximate surface area is 179 Å². The normalized spacial score (nSPS) is 10.7. The van der Waals surface area contributed by atoms with E-state index in [4.69, 9.17) is 4.74 Å². The molecule has 1 N–H and O–H groups in total. The molecule has 1 amide bonds. The van der Waals surface area contributed by atoms with E-state index >= 15 is 0 Å². The highest BCUT2D eigenvalue weighted by Gasteiger charge is 2.16. The fourth-order valence-corrected chi connectivity index (χ4v) is 4.56. The molecule has 152 valence electrons. The van der Waals surface area contributed by atoms with E-state index in [1.807, 2.05) is 34.9 Å². The van der Waals surface area contributed by atoms with Crippen LogP contribution >= 0.6 is 23.1 Å². The molecule has 0 aliphatic heterocycles. The molecule has 8 heteroatoms. The standard InChI is InChI=1S/C21H24N4O2S2/c1-4-8-16-12-15(13-28-16)20-23-24-21(25(20)11-5-2)29-14-19(26)22-17-9-6-7-10-18(17)27-3/h5-7,9-10,12-13H,2,4,8,11,14H2,1,3H3,(H,22,26). The van der Waals surface area contributed by atoms with Gasteiger partial charge in [0.25, 0.3) is 0 Å². The lowest BCUT2D eigenvalue weighted by Crippen LogP contribution is -2.15. The summed E-state index contributed by atoms with van der Waals surface area (Å²) in [6.07, 6.45) is 3.98. The van der Waals surface area contributed by atoms with Gasteiger partial charge in [0.1, 0.15) is 5.75 Å². The number of aromatic nitrogens is 3. The Hall–Kier alpha value is -2.58. The first-order chi connectivity index (χ1) is 14.2. The number of carbonyl (C=O) groups excluding carboxylic acids is 1. The van der Waals surface area contributed by atoms with E-state index < -0.39 is 0 Å². The van der Waals surface area contributed by atoms with Gasteiger partial charge in [-0.3, -0.25) is 9.36 Å². The number of hydrogen-bond acceptors (Lipinski definition) is 6. The molecule has 0 aliphatic carbocycles. The van der Waals surface area contributed by atoms with Crippen LogP contribution in [-0.2, 0) is 17.8 Å². The molecule has 0 radical (unpaired) electrons. The van der Waals surface area contributed by atoms with Gasteiger partial charge in [-0.2, -0.15) is 0 Å². The van der Waals surface area contributed by atoms with Gasteiger partial charge in [0.05, 0.1) is 18.6 Å². The summed E-state index contributed by atoms with van der Waals surface area (Å²) in [4.78, 5) is 13.7. The number of benzene rings is 1. The van der Waals surface area contributed by atoms with Crippen LogP contribution in [0.5, 0.6) is 5.75 Å². The quantitative estimate of drug-likeness (QED) is 0.368. The van der Waals surface area contributed by atoms with E-state index in [0.29, 0.717) is 23.1 Å². The molecular weight excluding hydrogens is 404 g/mol. The molecule has 2 heterocycles. The van der Waals surface area contributed by atoms with Gasteiger partial charge in [-0.25, -0.2) is 0 Å². The minimum absolute atomic E-state index is 0.130. The summed E-state index contributed by atoms with van der Waals surface area (Å²) in [5.74, 6) is 1.52. The monoisotopic (exact) mass is 428 g/mol. The van der Waals surface area contributed by atoms with Crippen LogP contribution in [0.25, 0.3) is 11.4 Å². The summed E-state index contributed by atoms with van der Waals surface area (Å²) in [6, 6.07) is 9.50. The summed E-state index contributed by atoms with van der Waals surface area (Å²) in [5.41, 5.74) is 1.70. The third-order valence-electron chi connectivity index (χ3n) is 4.15. The number of hydrogen-bond donors (Lipinski definition) is 1. The molecule has 0 atom stereocenters. The second-order valence-corrected chi connectivity index (χ2v) is 8.23. The molecule has 0 bridgehead atoms. The molecule has 0 unspecified atom stereocenters. The fourth-order valence-electron chi connectivity index (χ4n) is 2.84. The van der Waals surface area contributed by atoms with Crippen molar-refractivity contribution in [2.45, 2.75) is 31.5 Å². The van der Waals surface area contributed by atoms with Crippen molar-refractivity contribution < 1.29 is 9.53 Å². The average Bonchev–Trinajstić information content (AvgIpc) is 3.34. The predicted octanol–water partition coefficient (Wildman–Crippen LogP) is 4.88. The summed E-state index contributed by atoms with van der Waals surface area (Å²) < 4.78 is 7.27.